The van der Waals surface area contributed by atoms with E-state index in [4.69, 9.17) is 10.5 Å². The third-order valence-electron chi connectivity index (χ3n) is 3.00. The second kappa shape index (κ2) is 7.42. The van der Waals surface area contributed by atoms with E-state index in [1.54, 1.807) is 0 Å². The third-order valence-corrected chi connectivity index (χ3v) is 3.00. The molecule has 0 bridgehead atoms. The molecule has 0 aliphatic heterocycles. The first-order valence-electron chi connectivity index (χ1n) is 6.91. The van der Waals surface area contributed by atoms with Gasteiger partial charge in [0.1, 0.15) is 5.75 Å². The molecule has 0 aliphatic rings. The summed E-state index contributed by atoms with van der Waals surface area (Å²) < 4.78 is 5.64. The molecular weight excluding hydrogens is 222 g/mol. The van der Waals surface area contributed by atoms with E-state index in [1.165, 1.54) is 12.8 Å². The Labute approximate surface area is 112 Å². The molecule has 1 unspecified atom stereocenters. The summed E-state index contributed by atoms with van der Waals surface area (Å²) in [7, 11) is 0. The van der Waals surface area contributed by atoms with Crippen molar-refractivity contribution in [1.82, 2.24) is 0 Å². The summed E-state index contributed by atoms with van der Waals surface area (Å²) >= 11 is 0. The van der Waals surface area contributed by atoms with Gasteiger partial charge in [-0.3, -0.25) is 0 Å². The van der Waals surface area contributed by atoms with Gasteiger partial charge in [-0.15, -0.1) is 0 Å². The molecule has 0 saturated heterocycles. The molecule has 1 aromatic rings. The van der Waals surface area contributed by atoms with Crippen LogP contribution in [0.15, 0.2) is 30.3 Å². The number of rotatable bonds is 7. The molecule has 18 heavy (non-hydrogen) atoms. The number of hydrogen-bond donors (Lipinski definition) is 1. The summed E-state index contributed by atoms with van der Waals surface area (Å²) in [4.78, 5) is 0. The van der Waals surface area contributed by atoms with E-state index in [-0.39, 0.29) is 6.04 Å². The standard InChI is InChI=1S/C16H27NO/c1-16(2,3)12-7-8-14(17)11-13-18-15-9-5-4-6-10-15/h4-6,9-10,14H,7-8,11-13,17H2,1-3H3. The molecule has 1 aromatic carbocycles. The number of benzene rings is 1. The van der Waals surface area contributed by atoms with Crippen molar-refractivity contribution >= 4 is 0 Å². The van der Waals surface area contributed by atoms with Gasteiger partial charge in [0.25, 0.3) is 0 Å². The van der Waals surface area contributed by atoms with Gasteiger partial charge in [0.05, 0.1) is 6.61 Å². The maximum Gasteiger partial charge on any atom is 0.119 e. The van der Waals surface area contributed by atoms with Crippen LogP contribution in [0.5, 0.6) is 5.75 Å². The lowest BCUT2D eigenvalue weighted by molar-refractivity contribution is 0.287. The summed E-state index contributed by atoms with van der Waals surface area (Å²) in [5.41, 5.74) is 6.50. The number of hydrogen-bond acceptors (Lipinski definition) is 2. The lowest BCUT2D eigenvalue weighted by Crippen LogP contribution is -2.23. The molecule has 0 fully saturated rings. The third kappa shape index (κ3) is 7.33. The average Bonchev–Trinajstić information content (AvgIpc) is 2.28. The van der Waals surface area contributed by atoms with Crippen LogP contribution in [0.2, 0.25) is 0 Å². The molecule has 1 rings (SSSR count). The first kappa shape index (κ1) is 15.0. The van der Waals surface area contributed by atoms with Crippen LogP contribution in [-0.2, 0) is 0 Å². The highest BCUT2D eigenvalue weighted by Crippen LogP contribution is 2.22. The highest BCUT2D eigenvalue weighted by Gasteiger charge is 2.11. The predicted octanol–water partition coefficient (Wildman–Crippen LogP) is 4.00. The molecule has 0 aromatic heterocycles. The van der Waals surface area contributed by atoms with Crippen LogP contribution >= 0.6 is 0 Å². The fourth-order valence-corrected chi connectivity index (χ4v) is 1.88. The number of nitrogens with two attached hydrogens (primary N) is 1. The summed E-state index contributed by atoms with van der Waals surface area (Å²) in [6.07, 6.45) is 4.46. The molecule has 2 nitrogen and oxygen atoms in total. The Morgan fingerprint density at radius 2 is 1.78 bits per heavy atom. The topological polar surface area (TPSA) is 35.2 Å². The van der Waals surface area contributed by atoms with Crippen LogP contribution in [0.3, 0.4) is 0 Å². The molecule has 0 aliphatic carbocycles. The Morgan fingerprint density at radius 3 is 2.39 bits per heavy atom. The molecule has 0 saturated carbocycles. The van der Waals surface area contributed by atoms with E-state index in [2.05, 4.69) is 20.8 Å². The van der Waals surface area contributed by atoms with Gasteiger partial charge in [0.2, 0.25) is 0 Å². The van der Waals surface area contributed by atoms with Crippen LogP contribution in [0.25, 0.3) is 0 Å². The van der Waals surface area contributed by atoms with Crippen molar-refractivity contribution in [2.75, 3.05) is 6.61 Å². The number of para-hydroxylation sites is 1. The van der Waals surface area contributed by atoms with Crippen molar-refractivity contribution in [1.29, 1.82) is 0 Å². The van der Waals surface area contributed by atoms with Crippen molar-refractivity contribution in [3.05, 3.63) is 30.3 Å². The Bertz CT molecular complexity index is 316. The lowest BCUT2D eigenvalue weighted by Gasteiger charge is -2.19. The monoisotopic (exact) mass is 249 g/mol. The Kier molecular flexibility index (Phi) is 6.20. The predicted molar refractivity (Wildman–Crippen MR) is 77.8 cm³/mol. The van der Waals surface area contributed by atoms with E-state index in [1.807, 2.05) is 30.3 Å². The van der Waals surface area contributed by atoms with Gasteiger partial charge in [-0.2, -0.15) is 0 Å². The molecule has 0 heterocycles. The summed E-state index contributed by atoms with van der Waals surface area (Å²) in [6.45, 7) is 7.53. The Hall–Kier alpha value is -1.02. The van der Waals surface area contributed by atoms with E-state index >= 15 is 0 Å². The van der Waals surface area contributed by atoms with E-state index in [9.17, 15) is 0 Å². The normalized spacial score (nSPS) is 13.3. The molecule has 2 heteroatoms. The molecule has 1 atom stereocenters. The van der Waals surface area contributed by atoms with Gasteiger partial charge in [0.15, 0.2) is 0 Å². The zero-order chi connectivity index (χ0) is 13.4. The van der Waals surface area contributed by atoms with Crippen LogP contribution in [0, 0.1) is 5.41 Å². The van der Waals surface area contributed by atoms with Gasteiger partial charge in [-0.1, -0.05) is 45.4 Å². The van der Waals surface area contributed by atoms with Gasteiger partial charge < -0.3 is 10.5 Å². The zero-order valence-electron chi connectivity index (χ0n) is 12.0. The van der Waals surface area contributed by atoms with Crippen molar-refractivity contribution in [2.45, 2.75) is 52.5 Å². The minimum atomic E-state index is 0.260. The second-order valence-electron chi connectivity index (χ2n) is 6.16. The van der Waals surface area contributed by atoms with Gasteiger partial charge in [-0.05, 0) is 36.8 Å². The van der Waals surface area contributed by atoms with E-state index in [0.29, 0.717) is 12.0 Å². The first-order chi connectivity index (χ1) is 8.47. The average molecular weight is 249 g/mol. The Balaban J connectivity index is 2.09. The second-order valence-corrected chi connectivity index (χ2v) is 6.16. The molecule has 0 amide bonds. The fraction of sp³-hybridized carbons (Fsp3) is 0.625. The molecule has 102 valence electrons. The van der Waals surface area contributed by atoms with Crippen molar-refractivity contribution in [3.8, 4) is 5.75 Å². The minimum absolute atomic E-state index is 0.260. The van der Waals surface area contributed by atoms with E-state index < -0.39 is 0 Å². The highest BCUT2D eigenvalue weighted by atomic mass is 16.5. The first-order valence-corrected chi connectivity index (χ1v) is 6.91. The largest absolute Gasteiger partial charge is 0.494 e. The fourth-order valence-electron chi connectivity index (χ4n) is 1.88. The summed E-state index contributed by atoms with van der Waals surface area (Å²) in [5, 5.41) is 0. The van der Waals surface area contributed by atoms with Crippen molar-refractivity contribution in [2.24, 2.45) is 11.1 Å². The van der Waals surface area contributed by atoms with Gasteiger partial charge in [-0.25, -0.2) is 0 Å². The molecule has 0 spiro atoms. The maximum absolute atomic E-state index is 6.09. The van der Waals surface area contributed by atoms with Crippen LogP contribution < -0.4 is 10.5 Å². The SMILES string of the molecule is CC(C)(C)CCCC(N)CCOc1ccccc1. The molecular formula is C16H27NO. The van der Waals surface area contributed by atoms with Gasteiger partial charge >= 0.3 is 0 Å². The van der Waals surface area contributed by atoms with Crippen LogP contribution in [0.1, 0.15) is 46.5 Å². The quantitative estimate of drug-likeness (QED) is 0.792. The highest BCUT2D eigenvalue weighted by molar-refractivity contribution is 5.20. The minimum Gasteiger partial charge on any atom is -0.494 e. The van der Waals surface area contributed by atoms with Crippen LogP contribution in [-0.4, -0.2) is 12.6 Å². The summed E-state index contributed by atoms with van der Waals surface area (Å²) in [5.74, 6) is 0.930. The lowest BCUT2D eigenvalue weighted by atomic mass is 9.89. The summed E-state index contributed by atoms with van der Waals surface area (Å²) in [6, 6.07) is 10.2. The Morgan fingerprint density at radius 1 is 1.11 bits per heavy atom. The zero-order valence-corrected chi connectivity index (χ0v) is 12.0. The van der Waals surface area contributed by atoms with E-state index in [0.717, 1.165) is 18.6 Å². The molecule has 0 radical (unpaired) electrons. The molecule has 2 N–H and O–H groups in total. The van der Waals surface area contributed by atoms with Crippen molar-refractivity contribution < 1.29 is 4.74 Å². The maximum atomic E-state index is 6.09. The number of ether oxygens (including phenoxy) is 1. The van der Waals surface area contributed by atoms with Crippen LogP contribution in [0.4, 0.5) is 0 Å². The smallest absolute Gasteiger partial charge is 0.119 e. The van der Waals surface area contributed by atoms with Crippen molar-refractivity contribution in [3.63, 3.8) is 0 Å². The van der Waals surface area contributed by atoms with Gasteiger partial charge in [0, 0.05) is 6.04 Å².